The molecular weight excluding hydrogens is 228 g/mol. The molecule has 1 aromatic rings. The molecule has 1 rings (SSSR count). The van der Waals surface area contributed by atoms with Crippen molar-refractivity contribution in [1.82, 2.24) is 10.2 Å². The first-order valence-corrected chi connectivity index (χ1v) is 6.15. The highest BCUT2D eigenvalue weighted by atomic mass is 16.5. The van der Waals surface area contributed by atoms with E-state index in [1.54, 1.807) is 12.0 Å². The number of nitrogens with one attached hydrogen (secondary N) is 1. The molecule has 100 valence electrons. The third-order valence-corrected chi connectivity index (χ3v) is 3.15. The molecular formula is C14H22N2O2. The summed E-state index contributed by atoms with van der Waals surface area (Å²) in [6.07, 6.45) is 0.506. The number of carbonyl (C=O) groups excluding carboxylic acids is 1. The van der Waals surface area contributed by atoms with Gasteiger partial charge in [0.1, 0.15) is 5.75 Å². The number of nitrogens with zero attached hydrogens (tertiary/aromatic N) is 1. The third kappa shape index (κ3) is 3.47. The van der Waals surface area contributed by atoms with Crippen molar-refractivity contribution in [1.29, 1.82) is 0 Å². The Bertz CT molecular complexity index is 393. The summed E-state index contributed by atoms with van der Waals surface area (Å²) in [6, 6.07) is 7.80. The minimum absolute atomic E-state index is 0.00510. The van der Waals surface area contributed by atoms with Crippen LogP contribution in [0.5, 0.6) is 5.75 Å². The van der Waals surface area contributed by atoms with Crippen molar-refractivity contribution < 1.29 is 9.53 Å². The number of methoxy groups -OCH3 is 1. The van der Waals surface area contributed by atoms with Gasteiger partial charge in [0.25, 0.3) is 0 Å². The Labute approximate surface area is 109 Å². The standard InChI is InChI=1S/C14H22N2O2/c1-11(16(3)14(17)9-10-15-2)12-7-5-6-8-13(12)18-4/h5-8,11,15H,9-10H2,1-4H3. The smallest absolute Gasteiger partial charge is 0.224 e. The minimum atomic E-state index is 0.00510. The number of hydrogen-bond acceptors (Lipinski definition) is 3. The summed E-state index contributed by atoms with van der Waals surface area (Å²) in [7, 11) is 5.32. The van der Waals surface area contributed by atoms with Gasteiger partial charge in [-0.15, -0.1) is 0 Å². The van der Waals surface area contributed by atoms with Gasteiger partial charge in [0.05, 0.1) is 13.2 Å². The molecule has 1 unspecified atom stereocenters. The summed E-state index contributed by atoms with van der Waals surface area (Å²) in [6.45, 7) is 2.71. The number of amides is 1. The Morgan fingerprint density at radius 3 is 2.72 bits per heavy atom. The van der Waals surface area contributed by atoms with Gasteiger partial charge < -0.3 is 15.0 Å². The quantitative estimate of drug-likeness (QED) is 0.837. The zero-order valence-corrected chi connectivity index (χ0v) is 11.6. The molecule has 0 aromatic heterocycles. The molecule has 0 aliphatic rings. The first kappa shape index (κ1) is 14.5. The molecule has 1 atom stereocenters. The molecule has 0 spiro atoms. The number of ether oxygens (including phenoxy) is 1. The van der Waals surface area contributed by atoms with Gasteiger partial charge in [-0.1, -0.05) is 18.2 Å². The van der Waals surface area contributed by atoms with Gasteiger partial charge in [0.15, 0.2) is 0 Å². The molecule has 1 N–H and O–H groups in total. The zero-order chi connectivity index (χ0) is 13.5. The fourth-order valence-corrected chi connectivity index (χ4v) is 1.84. The van der Waals surface area contributed by atoms with Crippen LogP contribution in [-0.2, 0) is 4.79 Å². The Hall–Kier alpha value is -1.55. The van der Waals surface area contributed by atoms with Crippen LogP contribution in [0.3, 0.4) is 0 Å². The fraction of sp³-hybridized carbons (Fsp3) is 0.500. The lowest BCUT2D eigenvalue weighted by Crippen LogP contribution is -2.31. The Morgan fingerprint density at radius 1 is 1.44 bits per heavy atom. The van der Waals surface area contributed by atoms with Crippen LogP contribution in [0.2, 0.25) is 0 Å². The highest BCUT2D eigenvalue weighted by Crippen LogP contribution is 2.28. The monoisotopic (exact) mass is 250 g/mol. The van der Waals surface area contributed by atoms with Crippen molar-refractivity contribution >= 4 is 5.91 Å². The molecule has 1 aromatic carbocycles. The van der Waals surface area contributed by atoms with Crippen LogP contribution >= 0.6 is 0 Å². The Kier molecular flexibility index (Phi) is 5.65. The highest BCUT2D eigenvalue weighted by molar-refractivity contribution is 5.76. The SMILES string of the molecule is CNCCC(=O)N(C)C(C)c1ccccc1OC. The van der Waals surface area contributed by atoms with Crippen molar-refractivity contribution in [2.24, 2.45) is 0 Å². The summed E-state index contributed by atoms with van der Waals surface area (Å²) in [5.74, 6) is 0.945. The molecule has 0 saturated heterocycles. The van der Waals surface area contributed by atoms with Crippen LogP contribution in [0, 0.1) is 0 Å². The van der Waals surface area contributed by atoms with Crippen molar-refractivity contribution in [2.45, 2.75) is 19.4 Å². The first-order valence-electron chi connectivity index (χ1n) is 6.15. The van der Waals surface area contributed by atoms with E-state index in [1.165, 1.54) is 0 Å². The van der Waals surface area contributed by atoms with Gasteiger partial charge in [0, 0.05) is 25.6 Å². The van der Waals surface area contributed by atoms with E-state index in [0.29, 0.717) is 13.0 Å². The van der Waals surface area contributed by atoms with Crippen LogP contribution in [0.25, 0.3) is 0 Å². The zero-order valence-electron chi connectivity index (χ0n) is 11.6. The molecule has 0 fully saturated rings. The molecule has 0 saturated carbocycles. The van der Waals surface area contributed by atoms with Gasteiger partial charge in [-0.25, -0.2) is 0 Å². The minimum Gasteiger partial charge on any atom is -0.496 e. The number of para-hydroxylation sites is 1. The summed E-state index contributed by atoms with van der Waals surface area (Å²) in [5, 5.41) is 2.98. The third-order valence-electron chi connectivity index (χ3n) is 3.15. The Morgan fingerprint density at radius 2 is 2.11 bits per heavy atom. The summed E-state index contributed by atoms with van der Waals surface area (Å²) in [5.41, 5.74) is 1.03. The van der Waals surface area contributed by atoms with Gasteiger partial charge in [-0.2, -0.15) is 0 Å². The Balaban J connectivity index is 2.79. The highest BCUT2D eigenvalue weighted by Gasteiger charge is 2.19. The van der Waals surface area contributed by atoms with Crippen LogP contribution < -0.4 is 10.1 Å². The second-order valence-electron chi connectivity index (χ2n) is 4.28. The molecule has 0 aliphatic carbocycles. The van der Waals surface area contributed by atoms with E-state index in [1.807, 2.05) is 45.3 Å². The van der Waals surface area contributed by atoms with Crippen LogP contribution in [0.1, 0.15) is 24.9 Å². The van der Waals surface area contributed by atoms with E-state index < -0.39 is 0 Å². The number of rotatable bonds is 6. The first-order chi connectivity index (χ1) is 8.61. The van der Waals surface area contributed by atoms with Gasteiger partial charge in [-0.05, 0) is 20.0 Å². The van der Waals surface area contributed by atoms with Gasteiger partial charge in [0.2, 0.25) is 5.91 Å². The predicted octanol–water partition coefficient (Wildman–Crippen LogP) is 1.82. The molecule has 18 heavy (non-hydrogen) atoms. The average molecular weight is 250 g/mol. The maximum atomic E-state index is 12.0. The predicted molar refractivity (Wildman–Crippen MR) is 72.7 cm³/mol. The summed E-state index contributed by atoms with van der Waals surface area (Å²) < 4.78 is 5.33. The van der Waals surface area contributed by atoms with Crippen molar-refractivity contribution in [3.05, 3.63) is 29.8 Å². The van der Waals surface area contributed by atoms with Crippen molar-refractivity contribution in [3.63, 3.8) is 0 Å². The normalized spacial score (nSPS) is 12.0. The van der Waals surface area contributed by atoms with E-state index in [9.17, 15) is 4.79 Å². The molecule has 4 heteroatoms. The number of hydrogen-bond donors (Lipinski definition) is 1. The topological polar surface area (TPSA) is 41.6 Å². The average Bonchev–Trinajstić information content (AvgIpc) is 2.42. The lowest BCUT2D eigenvalue weighted by molar-refractivity contribution is -0.131. The largest absolute Gasteiger partial charge is 0.496 e. The summed E-state index contributed by atoms with van der Waals surface area (Å²) in [4.78, 5) is 13.7. The second kappa shape index (κ2) is 7.01. The lowest BCUT2D eigenvalue weighted by atomic mass is 10.1. The van der Waals surface area contributed by atoms with Crippen molar-refractivity contribution in [3.8, 4) is 5.75 Å². The van der Waals surface area contributed by atoms with E-state index >= 15 is 0 Å². The van der Waals surface area contributed by atoms with E-state index in [-0.39, 0.29) is 11.9 Å². The molecule has 0 heterocycles. The molecule has 4 nitrogen and oxygen atoms in total. The maximum Gasteiger partial charge on any atom is 0.224 e. The molecule has 0 radical (unpaired) electrons. The van der Waals surface area contributed by atoms with Crippen LogP contribution in [0.15, 0.2) is 24.3 Å². The van der Waals surface area contributed by atoms with Crippen LogP contribution in [-0.4, -0.2) is 38.6 Å². The van der Waals surface area contributed by atoms with E-state index in [2.05, 4.69) is 5.32 Å². The second-order valence-corrected chi connectivity index (χ2v) is 4.28. The van der Waals surface area contributed by atoms with Gasteiger partial charge >= 0.3 is 0 Å². The maximum absolute atomic E-state index is 12.0. The molecule has 1 amide bonds. The summed E-state index contributed by atoms with van der Waals surface area (Å²) >= 11 is 0. The lowest BCUT2D eigenvalue weighted by Gasteiger charge is -2.26. The van der Waals surface area contributed by atoms with Crippen LogP contribution in [0.4, 0.5) is 0 Å². The number of carbonyl (C=O) groups is 1. The molecule has 0 aliphatic heterocycles. The van der Waals surface area contributed by atoms with Gasteiger partial charge in [-0.3, -0.25) is 4.79 Å². The van der Waals surface area contributed by atoms with E-state index in [4.69, 9.17) is 4.74 Å². The molecule has 0 bridgehead atoms. The number of benzene rings is 1. The van der Waals surface area contributed by atoms with Crippen molar-refractivity contribution in [2.75, 3.05) is 27.7 Å². The fourth-order valence-electron chi connectivity index (χ4n) is 1.84. The van der Waals surface area contributed by atoms with E-state index in [0.717, 1.165) is 11.3 Å².